The van der Waals surface area contributed by atoms with Gasteiger partial charge in [-0.15, -0.1) is 0 Å². The van der Waals surface area contributed by atoms with Crippen LogP contribution in [-0.2, 0) is 19.1 Å². The van der Waals surface area contributed by atoms with E-state index < -0.39 is 19.1 Å². The van der Waals surface area contributed by atoms with Crippen molar-refractivity contribution in [2.45, 2.75) is 37.0 Å². The Bertz CT molecular complexity index is 681. The molecule has 0 aliphatic rings. The largest absolute Gasteiger partial charge is 0.261 e. The van der Waals surface area contributed by atoms with Crippen LogP contribution in [0.15, 0.2) is 34.1 Å². The fourth-order valence-corrected chi connectivity index (χ4v) is 3.45. The summed E-state index contributed by atoms with van der Waals surface area (Å²) in [5.74, 6) is 0. The Morgan fingerprint density at radius 3 is 2.20 bits per heavy atom. The summed E-state index contributed by atoms with van der Waals surface area (Å²) in [7, 11) is -2.50. The molecule has 5 nitrogen and oxygen atoms in total. The first kappa shape index (κ1) is 17.4. The van der Waals surface area contributed by atoms with Crippen LogP contribution in [0.1, 0.15) is 27.2 Å². The van der Waals surface area contributed by atoms with Crippen molar-refractivity contribution in [3.8, 4) is 0 Å². The molecule has 1 N–H and O–H groups in total. The van der Waals surface area contributed by atoms with E-state index >= 15 is 0 Å². The highest BCUT2D eigenvalue weighted by Crippen LogP contribution is 2.21. The second-order valence-electron chi connectivity index (χ2n) is 5.26. The van der Waals surface area contributed by atoms with Crippen LogP contribution >= 0.6 is 10.7 Å². The average Bonchev–Trinajstić information content (AvgIpc) is 2.36. The maximum atomic E-state index is 12.1. The summed E-state index contributed by atoms with van der Waals surface area (Å²) in [6.45, 7) is 6.11. The van der Waals surface area contributed by atoms with Gasteiger partial charge in [-0.2, -0.15) is 0 Å². The topological polar surface area (TPSA) is 80.3 Å². The summed E-state index contributed by atoms with van der Waals surface area (Å²) < 4.78 is 49.2. The van der Waals surface area contributed by atoms with E-state index in [2.05, 4.69) is 4.72 Å². The minimum absolute atomic E-state index is 0.119. The van der Waals surface area contributed by atoms with Gasteiger partial charge in [0.15, 0.2) is 0 Å². The molecule has 0 radical (unpaired) electrons. The molecule has 0 unspecified atom stereocenters. The van der Waals surface area contributed by atoms with Crippen molar-refractivity contribution in [1.82, 2.24) is 4.72 Å². The van der Waals surface area contributed by atoms with Gasteiger partial charge in [0, 0.05) is 17.2 Å². The number of rotatable bonds is 6. The molecule has 0 spiro atoms. The molecule has 114 valence electrons. The second kappa shape index (κ2) is 6.01. The predicted octanol–water partition coefficient (Wildman–Crippen LogP) is 2.33. The molecule has 8 heteroatoms. The summed E-state index contributed by atoms with van der Waals surface area (Å²) in [6.07, 6.45) is 0.811. The van der Waals surface area contributed by atoms with Gasteiger partial charge >= 0.3 is 0 Å². The van der Waals surface area contributed by atoms with Gasteiger partial charge in [-0.1, -0.05) is 26.8 Å². The highest BCUT2D eigenvalue weighted by atomic mass is 35.7. The molecule has 1 rings (SSSR count). The summed E-state index contributed by atoms with van der Waals surface area (Å²) in [5, 5.41) is 0. The van der Waals surface area contributed by atoms with Crippen LogP contribution in [0.5, 0.6) is 0 Å². The molecular weight excluding hydrogens is 322 g/mol. The van der Waals surface area contributed by atoms with Crippen molar-refractivity contribution >= 4 is 29.8 Å². The van der Waals surface area contributed by atoms with Gasteiger partial charge in [0.25, 0.3) is 9.05 Å². The monoisotopic (exact) mass is 339 g/mol. The van der Waals surface area contributed by atoms with Crippen molar-refractivity contribution in [1.29, 1.82) is 0 Å². The molecule has 0 saturated heterocycles. The quantitative estimate of drug-likeness (QED) is 0.806. The number of halogens is 1. The fourth-order valence-electron chi connectivity index (χ4n) is 1.29. The van der Waals surface area contributed by atoms with Crippen molar-refractivity contribution < 1.29 is 16.8 Å². The third kappa shape index (κ3) is 4.73. The number of hydrogen-bond donors (Lipinski definition) is 1. The van der Waals surface area contributed by atoms with Gasteiger partial charge in [0.2, 0.25) is 10.0 Å². The second-order valence-corrected chi connectivity index (χ2v) is 9.59. The first-order chi connectivity index (χ1) is 8.98. The van der Waals surface area contributed by atoms with Gasteiger partial charge in [-0.25, -0.2) is 21.6 Å². The molecule has 0 atom stereocenters. The van der Waals surface area contributed by atoms with Crippen molar-refractivity contribution in [3.05, 3.63) is 24.3 Å². The minimum atomic E-state index is -3.95. The highest BCUT2D eigenvalue weighted by Gasteiger charge is 2.22. The summed E-state index contributed by atoms with van der Waals surface area (Å²) >= 11 is 0. The third-order valence-corrected chi connectivity index (χ3v) is 5.85. The zero-order chi connectivity index (χ0) is 15.6. The summed E-state index contributed by atoms with van der Waals surface area (Å²) in [4.78, 5) is -0.358. The molecule has 0 aliphatic carbocycles. The zero-order valence-corrected chi connectivity index (χ0v) is 13.9. The van der Waals surface area contributed by atoms with Crippen LogP contribution in [0.3, 0.4) is 0 Å². The Labute approximate surface area is 124 Å². The van der Waals surface area contributed by atoms with Crippen LogP contribution in [0.4, 0.5) is 0 Å². The smallest absolute Gasteiger partial charge is 0.211 e. The van der Waals surface area contributed by atoms with E-state index in [1.807, 2.05) is 20.8 Å². The average molecular weight is 340 g/mol. The number of sulfonamides is 1. The van der Waals surface area contributed by atoms with Gasteiger partial charge in [0.1, 0.15) is 0 Å². The molecular formula is C12H18ClNO4S2. The normalized spacial score (nSPS) is 13.4. The minimum Gasteiger partial charge on any atom is -0.211 e. The summed E-state index contributed by atoms with van der Waals surface area (Å²) in [6, 6.07) is 4.96. The lowest BCUT2D eigenvalue weighted by molar-refractivity contribution is 0.350. The Hall–Kier alpha value is -0.630. The third-order valence-electron chi connectivity index (χ3n) is 3.10. The molecule has 0 saturated carbocycles. The van der Waals surface area contributed by atoms with Gasteiger partial charge in [0.05, 0.1) is 9.79 Å². The molecule has 0 amide bonds. The molecule has 0 aliphatic heterocycles. The molecule has 20 heavy (non-hydrogen) atoms. The van der Waals surface area contributed by atoms with E-state index in [-0.39, 0.29) is 21.8 Å². The van der Waals surface area contributed by atoms with Gasteiger partial charge in [-0.3, -0.25) is 0 Å². The lowest BCUT2D eigenvalue weighted by atomic mass is 9.91. The Morgan fingerprint density at radius 1 is 1.15 bits per heavy atom. The van der Waals surface area contributed by atoms with E-state index in [4.69, 9.17) is 10.7 Å². The van der Waals surface area contributed by atoms with E-state index in [0.29, 0.717) is 0 Å². The Balaban J connectivity index is 3.05. The van der Waals surface area contributed by atoms with Crippen LogP contribution in [-0.4, -0.2) is 23.4 Å². The molecule has 1 aromatic rings. The van der Waals surface area contributed by atoms with Crippen LogP contribution in [0, 0.1) is 5.41 Å². The molecule has 0 fully saturated rings. The standard InChI is InChI=1S/C12H18ClNO4S2/c1-4-12(2,3)9-14-20(17,18)11-7-5-6-10(8-11)19(13,15)16/h5-8,14H,4,9H2,1-3H3. The SMILES string of the molecule is CCC(C)(C)CNS(=O)(=O)c1cccc(S(=O)(=O)Cl)c1. The van der Waals surface area contributed by atoms with Crippen molar-refractivity contribution in [2.24, 2.45) is 5.41 Å². The Morgan fingerprint density at radius 2 is 1.70 bits per heavy atom. The highest BCUT2D eigenvalue weighted by molar-refractivity contribution is 8.13. The fraction of sp³-hybridized carbons (Fsp3) is 0.500. The molecule has 1 aromatic carbocycles. The van der Waals surface area contributed by atoms with Crippen molar-refractivity contribution in [2.75, 3.05) is 6.54 Å². The maximum absolute atomic E-state index is 12.1. The van der Waals surface area contributed by atoms with Crippen LogP contribution in [0.25, 0.3) is 0 Å². The predicted molar refractivity (Wildman–Crippen MR) is 78.7 cm³/mol. The maximum Gasteiger partial charge on any atom is 0.261 e. The van der Waals surface area contributed by atoms with E-state index in [0.717, 1.165) is 12.5 Å². The van der Waals surface area contributed by atoms with Gasteiger partial charge < -0.3 is 0 Å². The Kier molecular flexibility index (Phi) is 5.23. The molecule has 0 aromatic heterocycles. The van der Waals surface area contributed by atoms with Gasteiger partial charge in [-0.05, 0) is 30.0 Å². The number of hydrogen-bond acceptors (Lipinski definition) is 4. The summed E-state index contributed by atoms with van der Waals surface area (Å²) in [5.41, 5.74) is -0.177. The first-order valence-corrected chi connectivity index (χ1v) is 9.81. The van der Waals surface area contributed by atoms with E-state index in [1.165, 1.54) is 18.2 Å². The zero-order valence-electron chi connectivity index (χ0n) is 11.6. The lowest BCUT2D eigenvalue weighted by Gasteiger charge is -2.22. The molecule has 0 bridgehead atoms. The lowest BCUT2D eigenvalue weighted by Crippen LogP contribution is -2.33. The van der Waals surface area contributed by atoms with Crippen LogP contribution in [0.2, 0.25) is 0 Å². The first-order valence-electron chi connectivity index (χ1n) is 6.02. The number of benzene rings is 1. The molecule has 0 heterocycles. The van der Waals surface area contributed by atoms with Crippen LogP contribution < -0.4 is 4.72 Å². The van der Waals surface area contributed by atoms with Crippen molar-refractivity contribution in [3.63, 3.8) is 0 Å². The number of nitrogens with one attached hydrogen (secondary N) is 1. The van der Waals surface area contributed by atoms with E-state index in [1.54, 1.807) is 0 Å². The van der Waals surface area contributed by atoms with E-state index in [9.17, 15) is 16.8 Å².